The monoisotopic (exact) mass is 302 g/mol. The van der Waals surface area contributed by atoms with E-state index in [-0.39, 0.29) is 18.8 Å². The van der Waals surface area contributed by atoms with E-state index < -0.39 is 12.1 Å². The molecule has 0 atom stereocenters. The second-order valence-electron chi connectivity index (χ2n) is 5.68. The van der Waals surface area contributed by atoms with Crippen LogP contribution in [0.25, 0.3) is 0 Å². The lowest BCUT2D eigenvalue weighted by Gasteiger charge is -2.34. The zero-order chi connectivity index (χ0) is 15.6. The molecule has 1 N–H and O–H groups in total. The van der Waals surface area contributed by atoms with Gasteiger partial charge in [0.2, 0.25) is 0 Å². The average Bonchev–Trinajstić information content (AvgIpc) is 2.46. The largest absolute Gasteiger partial charge is 0.391 e. The van der Waals surface area contributed by atoms with E-state index in [0.29, 0.717) is 30.5 Å². The molecule has 0 spiro atoms. The van der Waals surface area contributed by atoms with Crippen molar-refractivity contribution < 1.29 is 13.2 Å². The van der Waals surface area contributed by atoms with Gasteiger partial charge in [0.25, 0.3) is 0 Å². The van der Waals surface area contributed by atoms with Gasteiger partial charge in [0.1, 0.15) is 17.5 Å². The molecule has 2 rings (SSSR count). The molecule has 1 aliphatic rings. The fourth-order valence-electron chi connectivity index (χ4n) is 2.44. The number of hydrogen-bond acceptors (Lipinski definition) is 4. The maximum absolute atomic E-state index is 12.7. The Morgan fingerprint density at radius 1 is 1.24 bits per heavy atom. The molecular weight excluding hydrogens is 281 g/mol. The molecule has 0 amide bonds. The van der Waals surface area contributed by atoms with Gasteiger partial charge in [0.15, 0.2) is 0 Å². The van der Waals surface area contributed by atoms with Gasteiger partial charge in [-0.1, -0.05) is 13.8 Å². The number of rotatable bonds is 3. The highest BCUT2D eigenvalue weighted by Crippen LogP contribution is 2.35. The molecule has 21 heavy (non-hydrogen) atoms. The molecule has 2 heterocycles. The molecule has 0 bridgehead atoms. The Bertz CT molecular complexity index is 480. The Kier molecular flexibility index (Phi) is 4.58. The number of nitrogens with one attached hydrogen (secondary N) is 1. The predicted molar refractivity (Wildman–Crippen MR) is 76.7 cm³/mol. The summed E-state index contributed by atoms with van der Waals surface area (Å²) >= 11 is 0. The zero-order valence-electron chi connectivity index (χ0n) is 12.5. The number of hydrogen-bond donors (Lipinski definition) is 1. The molecule has 0 aliphatic carbocycles. The molecule has 1 aromatic heterocycles. The van der Waals surface area contributed by atoms with Gasteiger partial charge >= 0.3 is 6.18 Å². The van der Waals surface area contributed by atoms with E-state index in [1.807, 2.05) is 18.7 Å². The van der Waals surface area contributed by atoms with Gasteiger partial charge in [-0.3, -0.25) is 0 Å². The Morgan fingerprint density at radius 3 is 2.33 bits per heavy atom. The fraction of sp³-hybridized carbons (Fsp3) is 0.714. The Hall–Kier alpha value is -1.53. The second kappa shape index (κ2) is 6.07. The lowest BCUT2D eigenvalue weighted by Crippen LogP contribution is -2.39. The maximum atomic E-state index is 12.7. The van der Waals surface area contributed by atoms with Crippen LogP contribution in [0, 0.1) is 5.92 Å². The average molecular weight is 302 g/mol. The van der Waals surface area contributed by atoms with Crippen LogP contribution in [0.2, 0.25) is 0 Å². The third kappa shape index (κ3) is 3.77. The summed E-state index contributed by atoms with van der Waals surface area (Å²) in [6, 6.07) is 1.79. The number of anilines is 2. The molecule has 7 heteroatoms. The standard InChI is InChI=1S/C14H21F3N4/c1-9(2)13-19-11(18-3)8-12(20-13)21-6-4-10(5-7-21)14(15,16)17/h8-10H,4-7H2,1-3H3,(H,18,19,20). The van der Waals surface area contributed by atoms with Crippen molar-refractivity contribution in [1.29, 1.82) is 0 Å². The minimum Gasteiger partial charge on any atom is -0.373 e. The maximum Gasteiger partial charge on any atom is 0.391 e. The van der Waals surface area contributed by atoms with Crippen molar-refractivity contribution in [3.05, 3.63) is 11.9 Å². The molecule has 4 nitrogen and oxygen atoms in total. The van der Waals surface area contributed by atoms with Gasteiger partial charge in [-0.05, 0) is 12.8 Å². The normalized spacial score (nSPS) is 17.4. The highest BCUT2D eigenvalue weighted by atomic mass is 19.4. The van der Waals surface area contributed by atoms with E-state index in [1.54, 1.807) is 13.1 Å². The summed E-state index contributed by atoms with van der Waals surface area (Å²) in [6.45, 7) is 4.74. The van der Waals surface area contributed by atoms with Crippen LogP contribution in [0.15, 0.2) is 6.07 Å². The summed E-state index contributed by atoms with van der Waals surface area (Å²) in [5.74, 6) is 1.09. The first-order valence-electron chi connectivity index (χ1n) is 7.19. The van der Waals surface area contributed by atoms with Crippen LogP contribution < -0.4 is 10.2 Å². The Labute approximate surface area is 122 Å². The summed E-state index contributed by atoms with van der Waals surface area (Å²) in [5, 5.41) is 2.98. The summed E-state index contributed by atoms with van der Waals surface area (Å²) in [6.07, 6.45) is -3.84. The molecular formula is C14H21F3N4. The molecule has 0 aromatic carbocycles. The van der Waals surface area contributed by atoms with Crippen LogP contribution in [-0.4, -0.2) is 36.3 Å². The van der Waals surface area contributed by atoms with Crippen molar-refractivity contribution in [2.24, 2.45) is 5.92 Å². The van der Waals surface area contributed by atoms with Crippen molar-refractivity contribution in [1.82, 2.24) is 9.97 Å². The molecule has 1 saturated heterocycles. The minimum atomic E-state index is -4.09. The van der Waals surface area contributed by atoms with Gasteiger partial charge in [-0.25, -0.2) is 9.97 Å². The first-order valence-corrected chi connectivity index (χ1v) is 7.19. The van der Waals surface area contributed by atoms with Crippen LogP contribution in [0.3, 0.4) is 0 Å². The molecule has 1 aliphatic heterocycles. The zero-order valence-corrected chi connectivity index (χ0v) is 12.5. The Morgan fingerprint density at radius 2 is 1.86 bits per heavy atom. The molecule has 0 saturated carbocycles. The fourth-order valence-corrected chi connectivity index (χ4v) is 2.44. The van der Waals surface area contributed by atoms with E-state index in [0.717, 1.165) is 0 Å². The van der Waals surface area contributed by atoms with Gasteiger partial charge in [0.05, 0.1) is 5.92 Å². The van der Waals surface area contributed by atoms with E-state index >= 15 is 0 Å². The van der Waals surface area contributed by atoms with Crippen LogP contribution >= 0.6 is 0 Å². The van der Waals surface area contributed by atoms with Crippen LogP contribution in [0.4, 0.5) is 24.8 Å². The molecule has 0 radical (unpaired) electrons. The topological polar surface area (TPSA) is 41.0 Å². The molecule has 118 valence electrons. The molecule has 1 aromatic rings. The van der Waals surface area contributed by atoms with E-state index in [4.69, 9.17) is 0 Å². The van der Waals surface area contributed by atoms with Gasteiger partial charge < -0.3 is 10.2 Å². The molecule has 0 unspecified atom stereocenters. The summed E-state index contributed by atoms with van der Waals surface area (Å²) in [7, 11) is 1.77. The van der Waals surface area contributed by atoms with Crippen molar-refractivity contribution in [3.8, 4) is 0 Å². The van der Waals surface area contributed by atoms with Crippen molar-refractivity contribution >= 4 is 11.6 Å². The third-order valence-electron chi connectivity index (χ3n) is 3.78. The number of alkyl halides is 3. The van der Waals surface area contributed by atoms with Crippen molar-refractivity contribution in [2.45, 2.75) is 38.8 Å². The number of aromatic nitrogens is 2. The highest BCUT2D eigenvalue weighted by molar-refractivity contribution is 5.49. The SMILES string of the molecule is CNc1cc(N2CCC(C(F)(F)F)CC2)nc(C(C)C)n1. The third-order valence-corrected chi connectivity index (χ3v) is 3.78. The molecule has 1 fully saturated rings. The Balaban J connectivity index is 2.14. The highest BCUT2D eigenvalue weighted by Gasteiger charge is 2.41. The van der Waals surface area contributed by atoms with Crippen molar-refractivity contribution in [2.75, 3.05) is 30.4 Å². The van der Waals surface area contributed by atoms with E-state index in [1.165, 1.54) is 0 Å². The summed E-state index contributed by atoms with van der Waals surface area (Å²) < 4.78 is 38.1. The number of piperidine rings is 1. The lowest BCUT2D eigenvalue weighted by molar-refractivity contribution is -0.179. The lowest BCUT2D eigenvalue weighted by atomic mass is 9.96. The van der Waals surface area contributed by atoms with Crippen LogP contribution in [0.1, 0.15) is 38.4 Å². The van der Waals surface area contributed by atoms with E-state index in [9.17, 15) is 13.2 Å². The van der Waals surface area contributed by atoms with Crippen molar-refractivity contribution in [3.63, 3.8) is 0 Å². The summed E-state index contributed by atoms with van der Waals surface area (Å²) in [5.41, 5.74) is 0. The number of nitrogens with zero attached hydrogens (tertiary/aromatic N) is 3. The van der Waals surface area contributed by atoms with Gasteiger partial charge in [-0.15, -0.1) is 0 Å². The summed E-state index contributed by atoms with van der Waals surface area (Å²) in [4.78, 5) is 10.8. The first kappa shape index (κ1) is 15.9. The number of halogens is 3. The first-order chi connectivity index (χ1) is 9.81. The quantitative estimate of drug-likeness (QED) is 0.929. The van der Waals surface area contributed by atoms with Crippen LogP contribution in [-0.2, 0) is 0 Å². The van der Waals surface area contributed by atoms with Gasteiger partial charge in [0, 0.05) is 32.1 Å². The van der Waals surface area contributed by atoms with Gasteiger partial charge in [-0.2, -0.15) is 13.2 Å². The smallest absolute Gasteiger partial charge is 0.373 e. The van der Waals surface area contributed by atoms with E-state index in [2.05, 4.69) is 15.3 Å². The van der Waals surface area contributed by atoms with Crippen LogP contribution in [0.5, 0.6) is 0 Å². The predicted octanol–water partition coefficient (Wildman–Crippen LogP) is 3.42. The second-order valence-corrected chi connectivity index (χ2v) is 5.68. The minimum absolute atomic E-state index is 0.124.